The fourth-order valence-electron chi connectivity index (χ4n) is 2.48. The topological polar surface area (TPSA) is 89.2 Å². The molecular weight excluding hydrogens is 339 g/mol. The lowest BCUT2D eigenvalue weighted by atomic mass is 10.1. The van der Waals surface area contributed by atoms with Crippen LogP contribution >= 0.6 is 0 Å². The molecule has 3 rings (SSSR count). The van der Waals surface area contributed by atoms with Crippen LogP contribution in [0.2, 0.25) is 0 Å². The molecule has 7 nitrogen and oxygen atoms in total. The summed E-state index contributed by atoms with van der Waals surface area (Å²) in [5.41, 5.74) is 1.01. The zero-order valence-electron chi connectivity index (χ0n) is 14.0. The van der Waals surface area contributed by atoms with Gasteiger partial charge in [0.15, 0.2) is 0 Å². The van der Waals surface area contributed by atoms with Gasteiger partial charge < -0.3 is 19.6 Å². The van der Waals surface area contributed by atoms with Crippen molar-refractivity contribution in [1.29, 1.82) is 0 Å². The first kappa shape index (κ1) is 17.4. The Bertz CT molecular complexity index is 888. The average molecular weight is 356 g/mol. The highest BCUT2D eigenvalue weighted by Gasteiger charge is 2.21. The monoisotopic (exact) mass is 356 g/mol. The molecule has 1 aromatic carbocycles. The first-order chi connectivity index (χ1) is 12.5. The number of aryl methyl sites for hydroxylation is 1. The Hall–Kier alpha value is -3.42. The first-order valence-electron chi connectivity index (χ1n) is 7.87. The highest BCUT2D eigenvalue weighted by Crippen LogP contribution is 2.20. The second-order valence-corrected chi connectivity index (χ2v) is 5.64. The van der Waals surface area contributed by atoms with Gasteiger partial charge in [-0.2, -0.15) is 0 Å². The normalized spacial score (nSPS) is 11.8. The highest BCUT2D eigenvalue weighted by molar-refractivity contribution is 5.96. The SMILES string of the molecule is Cn1ccnc1C(NC(=O)CNC(=O)c1ccoc1)c1ccc(F)cc1. The minimum absolute atomic E-state index is 0.216. The maximum Gasteiger partial charge on any atom is 0.254 e. The van der Waals surface area contributed by atoms with Crippen LogP contribution < -0.4 is 10.6 Å². The van der Waals surface area contributed by atoms with Gasteiger partial charge >= 0.3 is 0 Å². The number of nitrogens with one attached hydrogen (secondary N) is 2. The molecule has 2 aromatic heterocycles. The summed E-state index contributed by atoms with van der Waals surface area (Å²) in [5, 5.41) is 5.33. The quantitative estimate of drug-likeness (QED) is 0.705. The van der Waals surface area contributed by atoms with E-state index in [9.17, 15) is 14.0 Å². The predicted molar refractivity (Wildman–Crippen MR) is 90.6 cm³/mol. The van der Waals surface area contributed by atoms with Crippen molar-refractivity contribution in [2.75, 3.05) is 6.54 Å². The number of furan rings is 1. The number of imidazole rings is 1. The number of halogens is 1. The Morgan fingerprint density at radius 2 is 2.04 bits per heavy atom. The maximum absolute atomic E-state index is 13.2. The molecule has 2 amide bonds. The fourth-order valence-corrected chi connectivity index (χ4v) is 2.48. The van der Waals surface area contributed by atoms with Crippen molar-refractivity contribution in [3.63, 3.8) is 0 Å². The Labute approximate surface area is 148 Å². The summed E-state index contributed by atoms with van der Waals surface area (Å²) in [5.74, 6) is -0.597. The molecule has 0 aliphatic heterocycles. The minimum Gasteiger partial charge on any atom is -0.472 e. The second-order valence-electron chi connectivity index (χ2n) is 5.64. The highest BCUT2D eigenvalue weighted by atomic mass is 19.1. The van der Waals surface area contributed by atoms with Gasteiger partial charge in [-0.15, -0.1) is 0 Å². The fraction of sp³-hybridized carbons (Fsp3) is 0.167. The summed E-state index contributed by atoms with van der Waals surface area (Å²) < 4.78 is 19.8. The lowest BCUT2D eigenvalue weighted by Crippen LogP contribution is -2.39. The number of benzene rings is 1. The van der Waals surface area contributed by atoms with Crippen molar-refractivity contribution in [3.05, 3.63) is 78.0 Å². The summed E-state index contributed by atoms with van der Waals surface area (Å²) in [6, 6.07) is 6.73. The van der Waals surface area contributed by atoms with E-state index in [1.807, 2.05) is 0 Å². The van der Waals surface area contributed by atoms with E-state index in [0.29, 0.717) is 17.0 Å². The van der Waals surface area contributed by atoms with Gasteiger partial charge in [0, 0.05) is 19.4 Å². The van der Waals surface area contributed by atoms with E-state index in [2.05, 4.69) is 15.6 Å². The molecule has 1 atom stereocenters. The van der Waals surface area contributed by atoms with Gasteiger partial charge in [0.2, 0.25) is 5.91 Å². The summed E-state index contributed by atoms with van der Waals surface area (Å²) in [6.45, 7) is -0.216. The lowest BCUT2D eigenvalue weighted by Gasteiger charge is -2.19. The van der Waals surface area contributed by atoms with Crippen LogP contribution in [0.1, 0.15) is 27.8 Å². The summed E-state index contributed by atoms with van der Waals surface area (Å²) in [7, 11) is 1.80. The number of carbonyl (C=O) groups excluding carboxylic acids is 2. The summed E-state index contributed by atoms with van der Waals surface area (Å²) >= 11 is 0. The van der Waals surface area contributed by atoms with Gasteiger partial charge in [-0.25, -0.2) is 9.37 Å². The molecule has 0 saturated heterocycles. The molecular formula is C18H17FN4O3. The van der Waals surface area contributed by atoms with Crippen LogP contribution in [0.15, 0.2) is 59.7 Å². The molecule has 0 fully saturated rings. The molecule has 1 unspecified atom stereocenters. The van der Waals surface area contributed by atoms with E-state index in [0.717, 1.165) is 0 Å². The van der Waals surface area contributed by atoms with Crippen LogP contribution in [-0.2, 0) is 11.8 Å². The number of hydrogen-bond donors (Lipinski definition) is 2. The Morgan fingerprint density at radius 3 is 2.65 bits per heavy atom. The molecule has 8 heteroatoms. The Morgan fingerprint density at radius 1 is 1.27 bits per heavy atom. The van der Waals surface area contributed by atoms with Crippen LogP contribution in [0.4, 0.5) is 4.39 Å². The van der Waals surface area contributed by atoms with Crippen molar-refractivity contribution in [2.24, 2.45) is 7.05 Å². The van der Waals surface area contributed by atoms with E-state index < -0.39 is 17.9 Å². The molecule has 0 radical (unpaired) electrons. The molecule has 0 bridgehead atoms. The largest absolute Gasteiger partial charge is 0.472 e. The zero-order valence-corrected chi connectivity index (χ0v) is 14.0. The van der Waals surface area contributed by atoms with Crippen LogP contribution in [0.5, 0.6) is 0 Å². The van der Waals surface area contributed by atoms with Crippen LogP contribution in [0.25, 0.3) is 0 Å². The average Bonchev–Trinajstić information content (AvgIpc) is 3.30. The van der Waals surface area contributed by atoms with Crippen molar-refractivity contribution in [3.8, 4) is 0 Å². The van der Waals surface area contributed by atoms with Gasteiger partial charge in [0.05, 0.1) is 18.4 Å². The standard InChI is InChI=1S/C18H17FN4O3/c1-23-8-7-20-17(23)16(12-2-4-14(19)5-3-12)22-15(24)10-21-18(25)13-6-9-26-11-13/h2-9,11,16H,10H2,1H3,(H,21,25)(H,22,24). The predicted octanol–water partition coefficient (Wildman–Crippen LogP) is 1.79. The van der Waals surface area contributed by atoms with Gasteiger partial charge in [-0.3, -0.25) is 9.59 Å². The van der Waals surface area contributed by atoms with Gasteiger partial charge in [0.1, 0.15) is 23.9 Å². The van der Waals surface area contributed by atoms with Crippen molar-refractivity contribution in [1.82, 2.24) is 20.2 Å². The third-order valence-electron chi connectivity index (χ3n) is 3.82. The summed E-state index contributed by atoms with van der Waals surface area (Å²) in [6.07, 6.45) is 6.03. The molecule has 134 valence electrons. The molecule has 0 aliphatic carbocycles. The van der Waals surface area contributed by atoms with Crippen molar-refractivity contribution < 1.29 is 18.4 Å². The molecule has 2 N–H and O–H groups in total. The van der Waals surface area contributed by atoms with E-state index in [1.165, 1.54) is 30.7 Å². The van der Waals surface area contributed by atoms with E-state index in [4.69, 9.17) is 4.42 Å². The minimum atomic E-state index is -0.575. The number of aromatic nitrogens is 2. The molecule has 3 aromatic rings. The van der Waals surface area contributed by atoms with Gasteiger partial charge in [0.25, 0.3) is 5.91 Å². The molecule has 0 saturated carbocycles. The Kier molecular flexibility index (Phi) is 5.12. The van der Waals surface area contributed by atoms with Crippen molar-refractivity contribution in [2.45, 2.75) is 6.04 Å². The van der Waals surface area contributed by atoms with E-state index in [1.54, 1.807) is 36.1 Å². The van der Waals surface area contributed by atoms with E-state index >= 15 is 0 Å². The maximum atomic E-state index is 13.2. The van der Waals surface area contributed by atoms with Crippen LogP contribution in [0, 0.1) is 5.82 Å². The lowest BCUT2D eigenvalue weighted by molar-refractivity contribution is -0.120. The first-order valence-corrected chi connectivity index (χ1v) is 7.87. The van der Waals surface area contributed by atoms with Crippen LogP contribution in [-0.4, -0.2) is 27.9 Å². The summed E-state index contributed by atoms with van der Waals surface area (Å²) in [4.78, 5) is 28.4. The van der Waals surface area contributed by atoms with Crippen LogP contribution in [0.3, 0.4) is 0 Å². The number of hydrogen-bond acceptors (Lipinski definition) is 4. The third kappa shape index (κ3) is 3.97. The molecule has 2 heterocycles. The van der Waals surface area contributed by atoms with E-state index in [-0.39, 0.29) is 12.4 Å². The smallest absolute Gasteiger partial charge is 0.254 e. The third-order valence-corrected chi connectivity index (χ3v) is 3.82. The molecule has 26 heavy (non-hydrogen) atoms. The zero-order chi connectivity index (χ0) is 18.5. The molecule has 0 spiro atoms. The molecule has 0 aliphatic rings. The number of amides is 2. The number of carbonyl (C=O) groups is 2. The Balaban J connectivity index is 1.71. The number of rotatable bonds is 6. The van der Waals surface area contributed by atoms with Gasteiger partial charge in [-0.05, 0) is 23.8 Å². The van der Waals surface area contributed by atoms with Crippen molar-refractivity contribution >= 4 is 11.8 Å². The number of nitrogens with zero attached hydrogens (tertiary/aromatic N) is 2. The second kappa shape index (κ2) is 7.64. The van der Waals surface area contributed by atoms with Gasteiger partial charge in [-0.1, -0.05) is 12.1 Å².